The summed E-state index contributed by atoms with van der Waals surface area (Å²) in [6, 6.07) is 0. The van der Waals surface area contributed by atoms with Gasteiger partial charge in [0.05, 0.1) is 5.69 Å². The van der Waals surface area contributed by atoms with Crippen LogP contribution in [-0.4, -0.2) is 16.5 Å². The van der Waals surface area contributed by atoms with Crippen LogP contribution in [-0.2, 0) is 5.75 Å². The maximum atomic E-state index is 5.28. The number of nitrogens with zero attached hydrogens (tertiary/aromatic N) is 2. The minimum absolute atomic E-state index is 0.721. The van der Waals surface area contributed by atoms with Gasteiger partial charge < -0.3 is 9.73 Å². The van der Waals surface area contributed by atoms with Crippen molar-refractivity contribution < 1.29 is 4.42 Å². The predicted octanol–water partition coefficient (Wildman–Crippen LogP) is 3.55. The first-order valence-corrected chi connectivity index (χ1v) is 7.31. The van der Waals surface area contributed by atoms with Gasteiger partial charge in [0, 0.05) is 23.4 Å². The Morgan fingerprint density at radius 2 is 2.41 bits per heavy atom. The molecule has 0 aliphatic rings. The molecule has 2 heterocycles. The molecule has 92 valence electrons. The van der Waals surface area contributed by atoms with Crippen LogP contribution in [0.5, 0.6) is 0 Å². The van der Waals surface area contributed by atoms with Gasteiger partial charge in [0.1, 0.15) is 6.26 Å². The van der Waals surface area contributed by atoms with Crippen molar-refractivity contribution in [1.82, 2.24) is 9.97 Å². The third kappa shape index (κ3) is 3.74. The van der Waals surface area contributed by atoms with E-state index in [1.54, 1.807) is 29.4 Å². The molecule has 0 aliphatic heterocycles. The van der Waals surface area contributed by atoms with E-state index in [9.17, 15) is 0 Å². The fourth-order valence-electron chi connectivity index (χ4n) is 1.22. The van der Waals surface area contributed by atoms with Crippen LogP contribution in [0.15, 0.2) is 22.1 Å². The van der Waals surface area contributed by atoms with Gasteiger partial charge in [-0.25, -0.2) is 9.97 Å². The molecule has 0 atom stereocenters. The highest BCUT2D eigenvalue weighted by atomic mass is 32.2. The van der Waals surface area contributed by atoms with Crippen LogP contribution in [0.3, 0.4) is 0 Å². The third-order valence-electron chi connectivity index (χ3n) is 2.02. The molecule has 0 aliphatic carbocycles. The van der Waals surface area contributed by atoms with Crippen molar-refractivity contribution in [2.45, 2.75) is 31.2 Å². The number of nitrogens with one attached hydrogen (secondary N) is 1. The Balaban J connectivity index is 1.84. The molecule has 0 unspecified atom stereocenters. The van der Waals surface area contributed by atoms with E-state index in [1.165, 1.54) is 4.88 Å². The van der Waals surface area contributed by atoms with Gasteiger partial charge in [0.15, 0.2) is 5.13 Å². The van der Waals surface area contributed by atoms with Crippen LogP contribution in [0.4, 0.5) is 5.13 Å². The fourth-order valence-corrected chi connectivity index (χ4v) is 2.93. The van der Waals surface area contributed by atoms with E-state index in [0.717, 1.165) is 34.8 Å². The summed E-state index contributed by atoms with van der Waals surface area (Å²) in [6.45, 7) is 5.04. The lowest BCUT2D eigenvalue weighted by Crippen LogP contribution is -1.97. The molecule has 0 amide bonds. The van der Waals surface area contributed by atoms with Crippen molar-refractivity contribution in [2.24, 2.45) is 0 Å². The first kappa shape index (κ1) is 12.4. The molecule has 0 aromatic carbocycles. The molecule has 0 saturated carbocycles. The minimum atomic E-state index is 0.721. The summed E-state index contributed by atoms with van der Waals surface area (Å²) >= 11 is 3.28. The molecule has 1 N–H and O–H groups in total. The Labute approximate surface area is 109 Å². The number of hydrogen-bond acceptors (Lipinski definition) is 6. The number of thiazole rings is 1. The molecular formula is C11H15N3OS2. The molecule has 0 bridgehead atoms. The van der Waals surface area contributed by atoms with E-state index in [0.29, 0.717) is 0 Å². The summed E-state index contributed by atoms with van der Waals surface area (Å²) in [7, 11) is 0. The molecule has 0 fully saturated rings. The number of hydrogen-bond donors (Lipinski definition) is 1. The SMILES string of the molecule is CCCNc1ncc(CSc2nc(C)co2)s1. The summed E-state index contributed by atoms with van der Waals surface area (Å²) in [5, 5.41) is 4.99. The maximum absolute atomic E-state index is 5.28. The average molecular weight is 269 g/mol. The van der Waals surface area contributed by atoms with Crippen LogP contribution in [0.1, 0.15) is 23.9 Å². The average Bonchev–Trinajstić information content (AvgIpc) is 2.93. The van der Waals surface area contributed by atoms with Crippen LogP contribution in [0.2, 0.25) is 0 Å². The second-order valence-electron chi connectivity index (χ2n) is 3.60. The number of aryl methyl sites for hydroxylation is 1. The molecular weight excluding hydrogens is 254 g/mol. The highest BCUT2D eigenvalue weighted by Crippen LogP contribution is 2.26. The summed E-state index contributed by atoms with van der Waals surface area (Å²) in [5.74, 6) is 0.853. The second-order valence-corrected chi connectivity index (χ2v) is 5.64. The van der Waals surface area contributed by atoms with Crippen molar-refractivity contribution in [2.75, 3.05) is 11.9 Å². The lowest BCUT2D eigenvalue weighted by molar-refractivity contribution is 0.454. The highest BCUT2D eigenvalue weighted by Gasteiger charge is 2.05. The molecule has 6 heteroatoms. The fraction of sp³-hybridized carbons (Fsp3) is 0.455. The summed E-state index contributed by atoms with van der Waals surface area (Å²) in [6.07, 6.45) is 4.69. The Morgan fingerprint density at radius 1 is 1.53 bits per heavy atom. The standard InChI is InChI=1S/C11H15N3OS2/c1-3-4-12-10-13-5-9(17-10)7-16-11-14-8(2)6-15-11/h5-6H,3-4,7H2,1-2H3,(H,12,13). The van der Waals surface area contributed by atoms with E-state index < -0.39 is 0 Å². The minimum Gasteiger partial charge on any atom is -0.440 e. The van der Waals surface area contributed by atoms with Crippen LogP contribution < -0.4 is 5.32 Å². The van der Waals surface area contributed by atoms with Gasteiger partial charge >= 0.3 is 0 Å². The van der Waals surface area contributed by atoms with Crippen LogP contribution in [0, 0.1) is 6.92 Å². The van der Waals surface area contributed by atoms with E-state index in [1.807, 2.05) is 13.1 Å². The molecule has 0 spiro atoms. The molecule has 2 rings (SSSR count). The summed E-state index contributed by atoms with van der Waals surface area (Å²) in [4.78, 5) is 9.79. The zero-order chi connectivity index (χ0) is 12.1. The van der Waals surface area contributed by atoms with Crippen LogP contribution in [0.25, 0.3) is 0 Å². The quantitative estimate of drug-likeness (QED) is 0.813. The number of thioether (sulfide) groups is 1. The molecule has 2 aromatic rings. The van der Waals surface area contributed by atoms with E-state index in [2.05, 4.69) is 22.2 Å². The predicted molar refractivity (Wildman–Crippen MR) is 71.7 cm³/mol. The number of rotatable bonds is 6. The zero-order valence-corrected chi connectivity index (χ0v) is 11.5. The molecule has 2 aromatic heterocycles. The van der Waals surface area contributed by atoms with Crippen molar-refractivity contribution >= 4 is 28.2 Å². The van der Waals surface area contributed by atoms with E-state index in [4.69, 9.17) is 4.42 Å². The first-order chi connectivity index (χ1) is 8.28. The van der Waals surface area contributed by atoms with Gasteiger partial charge in [-0.05, 0) is 13.3 Å². The Morgan fingerprint density at radius 3 is 3.12 bits per heavy atom. The number of anilines is 1. The van der Waals surface area contributed by atoms with Crippen molar-refractivity contribution in [3.05, 3.63) is 23.0 Å². The van der Waals surface area contributed by atoms with Gasteiger partial charge in [-0.1, -0.05) is 18.7 Å². The van der Waals surface area contributed by atoms with Crippen molar-refractivity contribution in [3.63, 3.8) is 0 Å². The first-order valence-electron chi connectivity index (χ1n) is 5.51. The number of aromatic nitrogens is 2. The smallest absolute Gasteiger partial charge is 0.256 e. The topological polar surface area (TPSA) is 51.0 Å². The lowest BCUT2D eigenvalue weighted by Gasteiger charge is -1.96. The number of oxazole rings is 1. The third-order valence-corrected chi connectivity index (χ3v) is 4.04. The van der Waals surface area contributed by atoms with Gasteiger partial charge in [0.25, 0.3) is 5.22 Å². The maximum Gasteiger partial charge on any atom is 0.256 e. The Bertz CT molecular complexity index is 467. The van der Waals surface area contributed by atoms with E-state index in [-0.39, 0.29) is 0 Å². The van der Waals surface area contributed by atoms with Gasteiger partial charge in [-0.2, -0.15) is 0 Å². The zero-order valence-electron chi connectivity index (χ0n) is 9.90. The van der Waals surface area contributed by atoms with Crippen molar-refractivity contribution in [3.8, 4) is 0 Å². The van der Waals surface area contributed by atoms with Crippen molar-refractivity contribution in [1.29, 1.82) is 0 Å². The summed E-state index contributed by atoms with van der Waals surface area (Å²) in [5.41, 5.74) is 0.919. The van der Waals surface area contributed by atoms with Gasteiger partial charge in [-0.15, -0.1) is 11.3 Å². The largest absolute Gasteiger partial charge is 0.440 e. The summed E-state index contributed by atoms with van der Waals surface area (Å²) < 4.78 is 5.28. The second kappa shape index (κ2) is 6.07. The molecule has 0 saturated heterocycles. The normalized spacial score (nSPS) is 10.7. The molecule has 4 nitrogen and oxygen atoms in total. The molecule has 0 radical (unpaired) electrons. The Hall–Kier alpha value is -1.01. The lowest BCUT2D eigenvalue weighted by atomic mass is 10.5. The van der Waals surface area contributed by atoms with Crippen LogP contribution >= 0.6 is 23.1 Å². The van der Waals surface area contributed by atoms with E-state index >= 15 is 0 Å². The Kier molecular flexibility index (Phi) is 4.44. The monoisotopic (exact) mass is 269 g/mol. The molecule has 17 heavy (non-hydrogen) atoms. The van der Waals surface area contributed by atoms with Gasteiger partial charge in [0.2, 0.25) is 0 Å². The highest BCUT2D eigenvalue weighted by molar-refractivity contribution is 7.98. The van der Waals surface area contributed by atoms with Gasteiger partial charge in [-0.3, -0.25) is 0 Å².